The molecule has 0 spiro atoms. The molecule has 2 amide bonds. The molecule has 41 heavy (non-hydrogen) atoms. The number of benzene rings is 2. The number of amides is 2. The number of fused-ring (bicyclic) bond motifs is 1. The Bertz CT molecular complexity index is 1390. The van der Waals surface area contributed by atoms with Gasteiger partial charge in [-0.05, 0) is 73.1 Å². The van der Waals surface area contributed by atoms with Crippen molar-refractivity contribution >= 4 is 21.8 Å². The van der Waals surface area contributed by atoms with Crippen molar-refractivity contribution in [2.24, 2.45) is 5.73 Å². The number of nitrogens with one attached hydrogen (secondary N) is 1. The molecule has 2 aromatic rings. The van der Waals surface area contributed by atoms with Gasteiger partial charge in [0.25, 0.3) is 0 Å². The van der Waals surface area contributed by atoms with Gasteiger partial charge in [0.05, 0.1) is 22.9 Å². The number of hydrogen-bond acceptors (Lipinski definition) is 5. The van der Waals surface area contributed by atoms with Crippen molar-refractivity contribution in [2.45, 2.75) is 87.1 Å². The molecule has 0 bridgehead atoms. The summed E-state index contributed by atoms with van der Waals surface area (Å²) in [6.07, 6.45) is 2.19. The highest BCUT2D eigenvalue weighted by molar-refractivity contribution is 7.89. The highest BCUT2D eigenvalue weighted by Crippen LogP contribution is 2.38. The molecule has 0 aromatic heterocycles. The molecule has 8 nitrogen and oxygen atoms in total. The van der Waals surface area contributed by atoms with Gasteiger partial charge in [-0.1, -0.05) is 31.0 Å². The number of carbonyl (C=O) groups is 2. The fourth-order valence-electron chi connectivity index (χ4n) is 6.38. The van der Waals surface area contributed by atoms with Crippen LogP contribution in [0.1, 0.15) is 73.2 Å². The van der Waals surface area contributed by atoms with Crippen molar-refractivity contribution in [3.63, 3.8) is 0 Å². The van der Waals surface area contributed by atoms with Crippen LogP contribution in [-0.2, 0) is 38.8 Å². The van der Waals surface area contributed by atoms with Gasteiger partial charge in [-0.2, -0.15) is 17.5 Å². The minimum absolute atomic E-state index is 0.0864. The molecular formula is C29H35F3N4O4S. The Balaban J connectivity index is 1.36. The first-order valence-electron chi connectivity index (χ1n) is 14.1. The first kappa shape index (κ1) is 29.5. The number of carbonyl (C=O) groups excluding carboxylic acids is 2. The molecule has 1 heterocycles. The summed E-state index contributed by atoms with van der Waals surface area (Å²) in [5.41, 5.74) is 7.80. The SMILES string of the molecule is NC(=O)CC1C(=O)N([C@@H]2CCCc3cc(CNC4CCCC4)ccc32)CCN1S(=O)(=O)c1ccc(C(F)(F)F)cc1. The first-order chi connectivity index (χ1) is 19.4. The van der Waals surface area contributed by atoms with Crippen LogP contribution in [0.5, 0.6) is 0 Å². The second kappa shape index (κ2) is 11.7. The van der Waals surface area contributed by atoms with Crippen LogP contribution in [0.3, 0.4) is 0 Å². The highest BCUT2D eigenvalue weighted by atomic mass is 32.2. The monoisotopic (exact) mass is 592 g/mol. The molecule has 2 aromatic carbocycles. The molecule has 1 aliphatic heterocycles. The van der Waals surface area contributed by atoms with Crippen LogP contribution in [0.4, 0.5) is 13.2 Å². The van der Waals surface area contributed by atoms with E-state index in [1.54, 1.807) is 4.90 Å². The molecular weight excluding hydrogens is 557 g/mol. The lowest BCUT2D eigenvalue weighted by atomic mass is 9.85. The van der Waals surface area contributed by atoms with E-state index >= 15 is 0 Å². The van der Waals surface area contributed by atoms with E-state index in [1.165, 1.54) is 31.2 Å². The molecule has 1 saturated carbocycles. The Morgan fingerprint density at radius 1 is 1.00 bits per heavy atom. The summed E-state index contributed by atoms with van der Waals surface area (Å²) < 4.78 is 66.9. The maximum atomic E-state index is 13.8. The van der Waals surface area contributed by atoms with Gasteiger partial charge < -0.3 is 16.0 Å². The third kappa shape index (κ3) is 6.29. The van der Waals surface area contributed by atoms with Crippen molar-refractivity contribution in [3.8, 4) is 0 Å². The van der Waals surface area contributed by atoms with Gasteiger partial charge in [-0.25, -0.2) is 8.42 Å². The molecule has 222 valence electrons. The minimum atomic E-state index is -4.62. The van der Waals surface area contributed by atoms with Gasteiger partial charge in [0.2, 0.25) is 21.8 Å². The Kier molecular flexibility index (Phi) is 8.45. The minimum Gasteiger partial charge on any atom is -0.370 e. The average molecular weight is 593 g/mol. The number of piperazine rings is 1. The van der Waals surface area contributed by atoms with Gasteiger partial charge in [-0.3, -0.25) is 9.59 Å². The molecule has 3 aliphatic rings. The Hall–Kier alpha value is -2.96. The van der Waals surface area contributed by atoms with Crippen molar-refractivity contribution in [1.82, 2.24) is 14.5 Å². The highest BCUT2D eigenvalue weighted by Gasteiger charge is 2.45. The number of hydrogen-bond donors (Lipinski definition) is 2. The molecule has 2 atom stereocenters. The number of sulfonamides is 1. The second-order valence-electron chi connectivity index (χ2n) is 11.2. The third-order valence-corrected chi connectivity index (χ3v) is 10.4. The van der Waals surface area contributed by atoms with Crippen LogP contribution in [0.2, 0.25) is 0 Å². The van der Waals surface area contributed by atoms with Crippen LogP contribution in [0.15, 0.2) is 47.4 Å². The maximum Gasteiger partial charge on any atom is 0.416 e. The van der Waals surface area contributed by atoms with Gasteiger partial charge in [0.1, 0.15) is 6.04 Å². The van der Waals surface area contributed by atoms with E-state index in [-0.39, 0.29) is 24.0 Å². The van der Waals surface area contributed by atoms with Crippen LogP contribution in [-0.4, -0.2) is 54.6 Å². The van der Waals surface area contributed by atoms with E-state index in [2.05, 4.69) is 17.4 Å². The Labute approximate surface area is 238 Å². The van der Waals surface area contributed by atoms with Crippen LogP contribution in [0.25, 0.3) is 0 Å². The standard InChI is InChI=1S/C29H35F3N4O4S/c30-29(31,32)21-9-11-23(12-10-21)41(39,40)36-15-14-35(28(38)26(36)17-27(33)37)25-7-3-4-20-16-19(8-13-24(20)25)18-34-22-5-1-2-6-22/h8-13,16,22,25-26,34H,1-7,14-15,17-18H2,(H2,33,37)/t25-,26?/m1/s1. The number of nitrogens with zero attached hydrogens (tertiary/aromatic N) is 2. The van der Waals surface area contributed by atoms with Crippen LogP contribution in [0, 0.1) is 0 Å². The zero-order valence-electron chi connectivity index (χ0n) is 22.7. The molecule has 1 unspecified atom stereocenters. The maximum absolute atomic E-state index is 13.8. The number of halogens is 3. The van der Waals surface area contributed by atoms with Crippen molar-refractivity contribution in [1.29, 1.82) is 0 Å². The number of alkyl halides is 3. The van der Waals surface area contributed by atoms with E-state index in [9.17, 15) is 31.2 Å². The molecule has 12 heteroatoms. The first-order valence-corrected chi connectivity index (χ1v) is 15.5. The Morgan fingerprint density at radius 3 is 2.37 bits per heavy atom. The quantitative estimate of drug-likeness (QED) is 0.483. The van der Waals surface area contributed by atoms with Crippen molar-refractivity contribution < 1.29 is 31.2 Å². The topological polar surface area (TPSA) is 113 Å². The predicted octanol–water partition coefficient (Wildman–Crippen LogP) is 3.89. The van der Waals surface area contributed by atoms with E-state index in [4.69, 9.17) is 5.73 Å². The lowest BCUT2D eigenvalue weighted by molar-refractivity contribution is -0.144. The Morgan fingerprint density at radius 2 is 1.71 bits per heavy atom. The summed E-state index contributed by atoms with van der Waals surface area (Å²) in [5, 5.41) is 3.63. The number of aryl methyl sites for hydroxylation is 1. The van der Waals surface area contributed by atoms with E-state index in [0.29, 0.717) is 24.6 Å². The molecule has 0 radical (unpaired) electrons. The smallest absolute Gasteiger partial charge is 0.370 e. The molecule has 2 fully saturated rings. The number of nitrogens with two attached hydrogens (primary N) is 1. The normalized spacial score (nSPS) is 22.6. The largest absolute Gasteiger partial charge is 0.416 e. The lowest BCUT2D eigenvalue weighted by Gasteiger charge is -2.44. The fraction of sp³-hybridized carbons (Fsp3) is 0.517. The summed E-state index contributed by atoms with van der Waals surface area (Å²) in [5.74, 6) is -1.38. The van der Waals surface area contributed by atoms with Gasteiger partial charge in [0.15, 0.2) is 0 Å². The average Bonchev–Trinajstić information content (AvgIpc) is 3.46. The zero-order valence-corrected chi connectivity index (χ0v) is 23.5. The number of primary amides is 1. The van der Waals surface area contributed by atoms with Gasteiger partial charge in [0, 0.05) is 25.7 Å². The fourth-order valence-corrected chi connectivity index (χ4v) is 7.96. The van der Waals surface area contributed by atoms with Crippen LogP contribution < -0.4 is 11.1 Å². The van der Waals surface area contributed by atoms with Gasteiger partial charge in [-0.15, -0.1) is 0 Å². The molecule has 5 rings (SSSR count). The van der Waals surface area contributed by atoms with E-state index in [0.717, 1.165) is 47.0 Å². The summed E-state index contributed by atoms with van der Waals surface area (Å²) in [4.78, 5) is 27.0. The third-order valence-electron chi connectivity index (χ3n) is 8.48. The summed E-state index contributed by atoms with van der Waals surface area (Å²) in [6, 6.07) is 8.30. The van der Waals surface area contributed by atoms with Gasteiger partial charge >= 0.3 is 6.18 Å². The summed E-state index contributed by atoms with van der Waals surface area (Å²) in [6.45, 7) is 0.758. The van der Waals surface area contributed by atoms with Crippen molar-refractivity contribution in [3.05, 3.63) is 64.7 Å². The zero-order chi connectivity index (χ0) is 29.4. The predicted molar refractivity (Wildman–Crippen MR) is 146 cm³/mol. The second-order valence-corrected chi connectivity index (χ2v) is 13.0. The number of rotatable bonds is 8. The van der Waals surface area contributed by atoms with Crippen molar-refractivity contribution in [2.75, 3.05) is 13.1 Å². The van der Waals surface area contributed by atoms with E-state index in [1.807, 2.05) is 6.07 Å². The molecule has 1 saturated heterocycles. The molecule has 2 aliphatic carbocycles. The van der Waals surface area contributed by atoms with Crippen LogP contribution >= 0.6 is 0 Å². The lowest BCUT2D eigenvalue weighted by Crippen LogP contribution is -2.60. The molecule has 3 N–H and O–H groups in total. The summed E-state index contributed by atoms with van der Waals surface area (Å²) >= 11 is 0. The van der Waals surface area contributed by atoms with E-state index < -0.39 is 46.0 Å². The summed E-state index contributed by atoms with van der Waals surface area (Å²) in [7, 11) is -4.38.